The van der Waals surface area contributed by atoms with Crippen LogP contribution in [0.15, 0.2) is 36.1 Å². The normalized spacial score (nSPS) is 23.3. The number of aromatic hydroxyl groups is 1. The van der Waals surface area contributed by atoms with Gasteiger partial charge in [0.05, 0.1) is 11.1 Å². The molecule has 2 unspecified atom stereocenters. The SMILES string of the molecule is Cc1cc(O)c(CN2CC(C)CC(C)C2)c2c1C(=O)/C(=C\c1cccc(Cl)c1)O2. The number of aryl methyl sites for hydroxylation is 1. The molecule has 0 radical (unpaired) electrons. The second kappa shape index (κ2) is 7.85. The Morgan fingerprint density at radius 2 is 1.97 bits per heavy atom. The summed E-state index contributed by atoms with van der Waals surface area (Å²) in [7, 11) is 0. The predicted molar refractivity (Wildman–Crippen MR) is 115 cm³/mol. The van der Waals surface area contributed by atoms with Crippen molar-refractivity contribution < 1.29 is 14.6 Å². The first kappa shape index (κ1) is 20.0. The Bertz CT molecular complexity index is 988. The third-order valence-electron chi connectivity index (χ3n) is 5.69. The van der Waals surface area contributed by atoms with E-state index in [1.165, 1.54) is 6.42 Å². The first-order chi connectivity index (χ1) is 13.8. The molecule has 4 nitrogen and oxygen atoms in total. The third-order valence-corrected chi connectivity index (χ3v) is 5.93. The van der Waals surface area contributed by atoms with Crippen molar-refractivity contribution in [1.82, 2.24) is 4.90 Å². The number of phenolic OH excluding ortho intramolecular Hbond substituents is 1. The summed E-state index contributed by atoms with van der Waals surface area (Å²) in [5, 5.41) is 11.3. The number of likely N-dealkylation sites (tertiary alicyclic amines) is 1. The number of benzene rings is 2. The Morgan fingerprint density at radius 1 is 1.24 bits per heavy atom. The zero-order chi connectivity index (χ0) is 20.7. The van der Waals surface area contributed by atoms with E-state index < -0.39 is 0 Å². The Balaban J connectivity index is 1.69. The highest BCUT2D eigenvalue weighted by Crippen LogP contribution is 2.42. The van der Waals surface area contributed by atoms with E-state index in [0.717, 1.165) is 24.2 Å². The van der Waals surface area contributed by atoms with Crippen molar-refractivity contribution in [2.75, 3.05) is 13.1 Å². The molecule has 2 aliphatic rings. The van der Waals surface area contributed by atoms with Crippen molar-refractivity contribution in [3.8, 4) is 11.5 Å². The molecule has 4 rings (SSSR count). The van der Waals surface area contributed by atoms with Gasteiger partial charge in [0.25, 0.3) is 0 Å². The number of carbonyl (C=O) groups excluding carboxylic acids is 1. The van der Waals surface area contributed by atoms with Gasteiger partial charge < -0.3 is 9.84 Å². The van der Waals surface area contributed by atoms with E-state index in [9.17, 15) is 9.90 Å². The van der Waals surface area contributed by atoms with E-state index in [4.69, 9.17) is 16.3 Å². The van der Waals surface area contributed by atoms with Crippen LogP contribution in [0.5, 0.6) is 11.5 Å². The molecule has 152 valence electrons. The van der Waals surface area contributed by atoms with Crippen LogP contribution in [0, 0.1) is 18.8 Å². The van der Waals surface area contributed by atoms with E-state index in [2.05, 4.69) is 18.7 Å². The molecule has 0 aliphatic carbocycles. The lowest BCUT2D eigenvalue weighted by Crippen LogP contribution is -2.38. The number of Topliss-reactive ketones (excluding diaryl/α,β-unsaturated/α-hetero) is 1. The van der Waals surface area contributed by atoms with Crippen molar-refractivity contribution in [2.45, 2.75) is 33.7 Å². The summed E-state index contributed by atoms with van der Waals surface area (Å²) in [5.41, 5.74) is 2.76. The van der Waals surface area contributed by atoms with Gasteiger partial charge in [0.1, 0.15) is 11.5 Å². The molecule has 2 aromatic rings. The second-order valence-corrected chi connectivity index (χ2v) is 8.97. The van der Waals surface area contributed by atoms with Crippen molar-refractivity contribution in [3.63, 3.8) is 0 Å². The Hall–Kier alpha value is -2.30. The van der Waals surface area contributed by atoms with Gasteiger partial charge in [-0.25, -0.2) is 0 Å². The largest absolute Gasteiger partial charge is 0.507 e. The Kier molecular flexibility index (Phi) is 5.41. The number of ketones is 1. The predicted octanol–water partition coefficient (Wildman–Crippen LogP) is 5.45. The molecule has 0 amide bonds. The quantitative estimate of drug-likeness (QED) is 0.682. The van der Waals surface area contributed by atoms with Gasteiger partial charge >= 0.3 is 0 Å². The fraction of sp³-hybridized carbons (Fsp3) is 0.375. The molecular weight excluding hydrogens is 386 g/mol. The van der Waals surface area contributed by atoms with Crippen LogP contribution in [0.25, 0.3) is 6.08 Å². The molecule has 2 atom stereocenters. The number of rotatable bonds is 3. The first-order valence-corrected chi connectivity index (χ1v) is 10.5. The Morgan fingerprint density at radius 3 is 2.66 bits per heavy atom. The average Bonchev–Trinajstić information content (AvgIpc) is 2.94. The Labute approximate surface area is 176 Å². The number of phenols is 1. The smallest absolute Gasteiger partial charge is 0.232 e. The molecule has 0 spiro atoms. The summed E-state index contributed by atoms with van der Waals surface area (Å²) in [6.45, 7) is 8.87. The average molecular weight is 412 g/mol. The monoisotopic (exact) mass is 411 g/mol. The number of hydrogen-bond donors (Lipinski definition) is 1. The zero-order valence-electron chi connectivity index (χ0n) is 17.0. The molecule has 29 heavy (non-hydrogen) atoms. The van der Waals surface area contributed by atoms with Crippen LogP contribution in [0.2, 0.25) is 5.02 Å². The van der Waals surface area contributed by atoms with Crippen LogP contribution in [-0.4, -0.2) is 28.9 Å². The summed E-state index contributed by atoms with van der Waals surface area (Å²) in [6, 6.07) is 8.96. The molecule has 1 N–H and O–H groups in total. The number of carbonyl (C=O) groups is 1. The van der Waals surface area contributed by atoms with E-state index in [0.29, 0.717) is 40.3 Å². The minimum Gasteiger partial charge on any atom is -0.507 e. The number of hydrogen-bond acceptors (Lipinski definition) is 4. The van der Waals surface area contributed by atoms with Gasteiger partial charge in [-0.2, -0.15) is 0 Å². The maximum atomic E-state index is 13.0. The minimum atomic E-state index is -0.154. The third kappa shape index (κ3) is 4.05. The van der Waals surface area contributed by atoms with Crippen molar-refractivity contribution in [2.24, 2.45) is 11.8 Å². The second-order valence-electron chi connectivity index (χ2n) is 8.53. The van der Waals surface area contributed by atoms with Gasteiger partial charge in [-0.05, 0) is 60.6 Å². The highest BCUT2D eigenvalue weighted by atomic mass is 35.5. The van der Waals surface area contributed by atoms with Crippen molar-refractivity contribution in [1.29, 1.82) is 0 Å². The highest BCUT2D eigenvalue weighted by Gasteiger charge is 2.34. The van der Waals surface area contributed by atoms with Gasteiger partial charge in [0.2, 0.25) is 5.78 Å². The van der Waals surface area contributed by atoms with Crippen LogP contribution in [0.3, 0.4) is 0 Å². The first-order valence-electron chi connectivity index (χ1n) is 10.1. The van der Waals surface area contributed by atoms with Crippen molar-refractivity contribution in [3.05, 3.63) is 63.4 Å². The van der Waals surface area contributed by atoms with E-state index in [1.54, 1.807) is 24.3 Å². The maximum absolute atomic E-state index is 13.0. The fourth-order valence-electron chi connectivity index (χ4n) is 4.63. The molecule has 1 saturated heterocycles. The highest BCUT2D eigenvalue weighted by molar-refractivity contribution is 6.30. The van der Waals surface area contributed by atoms with Crippen LogP contribution in [0.4, 0.5) is 0 Å². The van der Waals surface area contributed by atoms with Crippen molar-refractivity contribution >= 4 is 23.5 Å². The van der Waals surface area contributed by atoms with E-state index in [1.807, 2.05) is 19.1 Å². The summed E-state index contributed by atoms with van der Waals surface area (Å²) >= 11 is 6.07. The molecule has 2 aromatic carbocycles. The molecule has 2 heterocycles. The minimum absolute atomic E-state index is 0.154. The van der Waals surface area contributed by atoms with Crippen LogP contribution in [-0.2, 0) is 6.54 Å². The number of allylic oxidation sites excluding steroid dienone is 1. The lowest BCUT2D eigenvalue weighted by molar-refractivity contribution is 0.101. The molecule has 2 aliphatic heterocycles. The number of ether oxygens (including phenoxy) is 1. The fourth-order valence-corrected chi connectivity index (χ4v) is 4.82. The topological polar surface area (TPSA) is 49.8 Å². The molecule has 1 fully saturated rings. The number of halogens is 1. The molecule has 0 bridgehead atoms. The molecular formula is C24H26ClNO3. The maximum Gasteiger partial charge on any atom is 0.232 e. The molecule has 0 aromatic heterocycles. The van der Waals surface area contributed by atoms with E-state index in [-0.39, 0.29) is 17.3 Å². The summed E-state index contributed by atoms with van der Waals surface area (Å²) in [4.78, 5) is 15.4. The summed E-state index contributed by atoms with van der Waals surface area (Å²) in [6.07, 6.45) is 2.93. The summed E-state index contributed by atoms with van der Waals surface area (Å²) in [5.74, 6) is 2.01. The van der Waals surface area contributed by atoms with E-state index >= 15 is 0 Å². The number of nitrogens with zero attached hydrogens (tertiary/aromatic N) is 1. The van der Waals surface area contributed by atoms with Crippen LogP contribution in [0.1, 0.15) is 47.3 Å². The van der Waals surface area contributed by atoms with Gasteiger partial charge in [-0.1, -0.05) is 37.6 Å². The standard InChI is InChI=1S/C24H26ClNO3/c1-14-7-15(2)12-26(11-14)13-19-20(27)8-16(3)22-23(28)21(29-24(19)22)10-17-5-4-6-18(25)9-17/h4-6,8-10,14-15,27H,7,11-13H2,1-3H3/b21-10+. The zero-order valence-corrected chi connectivity index (χ0v) is 17.8. The van der Waals surface area contributed by atoms with Gasteiger partial charge in [-0.15, -0.1) is 0 Å². The number of fused-ring (bicyclic) bond motifs is 1. The van der Waals surface area contributed by atoms with Crippen LogP contribution < -0.4 is 4.74 Å². The lowest BCUT2D eigenvalue weighted by Gasteiger charge is -2.35. The lowest BCUT2D eigenvalue weighted by atomic mass is 9.91. The van der Waals surface area contributed by atoms with Crippen LogP contribution >= 0.6 is 11.6 Å². The van der Waals surface area contributed by atoms with Gasteiger partial charge in [0.15, 0.2) is 5.76 Å². The molecule has 5 heteroatoms. The van der Waals surface area contributed by atoms with Gasteiger partial charge in [-0.3, -0.25) is 9.69 Å². The molecule has 0 saturated carbocycles. The number of piperidine rings is 1. The summed E-state index contributed by atoms with van der Waals surface area (Å²) < 4.78 is 6.03. The van der Waals surface area contributed by atoms with Gasteiger partial charge in [0, 0.05) is 24.7 Å².